The van der Waals surface area contributed by atoms with Crippen LogP contribution in [0, 0.1) is 0 Å². The fourth-order valence-electron chi connectivity index (χ4n) is 1.79. The predicted octanol–water partition coefficient (Wildman–Crippen LogP) is 1.65. The fourth-order valence-corrected chi connectivity index (χ4v) is 1.79. The van der Waals surface area contributed by atoms with Crippen LogP contribution in [-0.4, -0.2) is 22.0 Å². The molecule has 0 saturated heterocycles. The van der Waals surface area contributed by atoms with Crippen molar-refractivity contribution in [2.45, 2.75) is 12.7 Å². The van der Waals surface area contributed by atoms with Gasteiger partial charge < -0.3 is 9.84 Å². The first-order valence-electron chi connectivity index (χ1n) is 5.46. The van der Waals surface area contributed by atoms with Gasteiger partial charge in [-0.3, -0.25) is 4.68 Å². The maximum Gasteiger partial charge on any atom is 0.121 e. The molecule has 4 nitrogen and oxygen atoms in total. The van der Waals surface area contributed by atoms with Crippen LogP contribution in [0.25, 0.3) is 0 Å². The van der Waals surface area contributed by atoms with E-state index in [1.807, 2.05) is 37.4 Å². The number of benzene rings is 1. The number of methoxy groups -OCH3 is 1. The number of ether oxygens (including phenoxy) is 1. The number of aliphatic hydroxyl groups is 1. The van der Waals surface area contributed by atoms with Crippen molar-refractivity contribution in [3.8, 4) is 0 Å². The second kappa shape index (κ2) is 5.12. The van der Waals surface area contributed by atoms with Crippen LogP contribution in [0.5, 0.6) is 0 Å². The summed E-state index contributed by atoms with van der Waals surface area (Å²) in [7, 11) is 3.48. The number of aromatic nitrogens is 2. The average Bonchev–Trinajstić information content (AvgIpc) is 2.76. The van der Waals surface area contributed by atoms with Crippen LogP contribution in [0.4, 0.5) is 0 Å². The zero-order valence-electron chi connectivity index (χ0n) is 10.00. The third-order valence-electron chi connectivity index (χ3n) is 2.75. The Morgan fingerprint density at radius 2 is 2.00 bits per heavy atom. The van der Waals surface area contributed by atoms with Gasteiger partial charge in [-0.25, -0.2) is 0 Å². The van der Waals surface area contributed by atoms with Crippen molar-refractivity contribution >= 4 is 0 Å². The van der Waals surface area contributed by atoms with Crippen molar-refractivity contribution in [2.24, 2.45) is 7.05 Å². The molecule has 0 spiro atoms. The monoisotopic (exact) mass is 232 g/mol. The second-order valence-electron chi connectivity index (χ2n) is 3.96. The minimum Gasteiger partial charge on any atom is -0.382 e. The van der Waals surface area contributed by atoms with E-state index in [-0.39, 0.29) is 0 Å². The number of nitrogens with zero attached hydrogens (tertiary/aromatic N) is 2. The number of hydrogen-bond donors (Lipinski definition) is 1. The molecule has 0 radical (unpaired) electrons. The van der Waals surface area contributed by atoms with Gasteiger partial charge in [0.2, 0.25) is 0 Å². The van der Waals surface area contributed by atoms with E-state index in [2.05, 4.69) is 5.10 Å². The highest BCUT2D eigenvalue weighted by Gasteiger charge is 2.13. The molecule has 1 heterocycles. The van der Waals surface area contributed by atoms with E-state index in [0.29, 0.717) is 6.61 Å². The van der Waals surface area contributed by atoms with E-state index in [9.17, 15) is 5.11 Å². The van der Waals surface area contributed by atoms with Gasteiger partial charge in [0.1, 0.15) is 6.10 Å². The molecule has 0 aliphatic heterocycles. The SMILES string of the molecule is COCc1ccc(C(O)c2ccnn2C)cc1. The summed E-state index contributed by atoms with van der Waals surface area (Å²) < 4.78 is 6.72. The molecule has 1 atom stereocenters. The number of aryl methyl sites for hydroxylation is 1. The van der Waals surface area contributed by atoms with Gasteiger partial charge in [0, 0.05) is 20.4 Å². The van der Waals surface area contributed by atoms with Crippen molar-refractivity contribution in [3.05, 3.63) is 53.3 Å². The van der Waals surface area contributed by atoms with Crippen LogP contribution in [-0.2, 0) is 18.4 Å². The molecule has 0 fully saturated rings. The highest BCUT2D eigenvalue weighted by atomic mass is 16.5. The van der Waals surface area contributed by atoms with E-state index >= 15 is 0 Å². The van der Waals surface area contributed by atoms with Gasteiger partial charge >= 0.3 is 0 Å². The molecule has 0 amide bonds. The van der Waals surface area contributed by atoms with Gasteiger partial charge in [0.25, 0.3) is 0 Å². The van der Waals surface area contributed by atoms with Gasteiger partial charge in [0.15, 0.2) is 0 Å². The first-order chi connectivity index (χ1) is 8.22. The van der Waals surface area contributed by atoms with Crippen molar-refractivity contribution in [1.29, 1.82) is 0 Å². The molecule has 0 aliphatic carbocycles. The van der Waals surface area contributed by atoms with Crippen molar-refractivity contribution in [1.82, 2.24) is 9.78 Å². The summed E-state index contributed by atoms with van der Waals surface area (Å²) >= 11 is 0. The molecular formula is C13H16N2O2. The molecule has 0 saturated carbocycles. The highest BCUT2D eigenvalue weighted by molar-refractivity contribution is 5.28. The molecule has 1 N–H and O–H groups in total. The lowest BCUT2D eigenvalue weighted by Crippen LogP contribution is -2.06. The minimum atomic E-state index is -0.640. The van der Waals surface area contributed by atoms with Gasteiger partial charge in [-0.1, -0.05) is 24.3 Å². The third kappa shape index (κ3) is 2.54. The number of aliphatic hydroxyl groups excluding tert-OH is 1. The van der Waals surface area contributed by atoms with Gasteiger partial charge in [-0.2, -0.15) is 5.10 Å². The summed E-state index contributed by atoms with van der Waals surface area (Å²) in [5, 5.41) is 14.2. The molecule has 2 aromatic rings. The van der Waals surface area contributed by atoms with E-state index in [1.54, 1.807) is 18.0 Å². The van der Waals surface area contributed by atoms with Crippen LogP contribution < -0.4 is 0 Å². The number of hydrogen-bond acceptors (Lipinski definition) is 3. The average molecular weight is 232 g/mol. The van der Waals surface area contributed by atoms with E-state index in [1.165, 1.54) is 0 Å². The standard InChI is InChI=1S/C13H16N2O2/c1-15-12(7-8-14-15)13(16)11-5-3-10(4-6-11)9-17-2/h3-8,13,16H,9H2,1-2H3. The van der Waals surface area contributed by atoms with Crippen LogP contribution >= 0.6 is 0 Å². The molecular weight excluding hydrogens is 216 g/mol. The van der Waals surface area contributed by atoms with E-state index < -0.39 is 6.10 Å². The maximum absolute atomic E-state index is 10.2. The number of rotatable bonds is 4. The zero-order chi connectivity index (χ0) is 12.3. The Kier molecular flexibility index (Phi) is 3.56. The van der Waals surface area contributed by atoms with E-state index in [0.717, 1.165) is 16.8 Å². The second-order valence-corrected chi connectivity index (χ2v) is 3.96. The molecule has 1 aromatic carbocycles. The Morgan fingerprint density at radius 1 is 1.29 bits per heavy atom. The maximum atomic E-state index is 10.2. The first kappa shape index (κ1) is 11.8. The molecule has 1 unspecified atom stereocenters. The lowest BCUT2D eigenvalue weighted by atomic mass is 10.0. The first-order valence-corrected chi connectivity index (χ1v) is 5.46. The van der Waals surface area contributed by atoms with Crippen LogP contribution in [0.3, 0.4) is 0 Å². The third-order valence-corrected chi connectivity index (χ3v) is 2.75. The molecule has 90 valence electrons. The van der Waals surface area contributed by atoms with Crippen molar-refractivity contribution in [3.63, 3.8) is 0 Å². The zero-order valence-corrected chi connectivity index (χ0v) is 10.00. The Morgan fingerprint density at radius 3 is 2.53 bits per heavy atom. The molecule has 1 aromatic heterocycles. The molecule has 2 rings (SSSR count). The lowest BCUT2D eigenvalue weighted by molar-refractivity contribution is 0.184. The quantitative estimate of drug-likeness (QED) is 0.872. The fraction of sp³-hybridized carbons (Fsp3) is 0.308. The van der Waals surface area contributed by atoms with Gasteiger partial charge in [0.05, 0.1) is 12.3 Å². The summed E-state index contributed by atoms with van der Waals surface area (Å²) in [5.41, 5.74) is 2.73. The normalized spacial score (nSPS) is 12.6. The largest absolute Gasteiger partial charge is 0.382 e. The molecule has 0 aliphatic rings. The summed E-state index contributed by atoms with van der Waals surface area (Å²) in [4.78, 5) is 0. The van der Waals surface area contributed by atoms with Gasteiger partial charge in [-0.05, 0) is 17.2 Å². The summed E-state index contributed by atoms with van der Waals surface area (Å²) in [6, 6.07) is 9.54. The molecule has 17 heavy (non-hydrogen) atoms. The summed E-state index contributed by atoms with van der Waals surface area (Å²) in [5.74, 6) is 0. The Balaban J connectivity index is 2.20. The topological polar surface area (TPSA) is 47.3 Å². The van der Waals surface area contributed by atoms with Crippen LogP contribution in [0.1, 0.15) is 22.9 Å². The van der Waals surface area contributed by atoms with Gasteiger partial charge in [-0.15, -0.1) is 0 Å². The Bertz CT molecular complexity index is 476. The lowest BCUT2D eigenvalue weighted by Gasteiger charge is -2.12. The molecule has 0 bridgehead atoms. The summed E-state index contributed by atoms with van der Waals surface area (Å²) in [6.07, 6.45) is 1.04. The molecule has 4 heteroatoms. The Hall–Kier alpha value is -1.65. The summed E-state index contributed by atoms with van der Waals surface area (Å²) in [6.45, 7) is 0.585. The van der Waals surface area contributed by atoms with E-state index in [4.69, 9.17) is 4.74 Å². The van der Waals surface area contributed by atoms with Crippen LogP contribution in [0.15, 0.2) is 36.5 Å². The van der Waals surface area contributed by atoms with Crippen molar-refractivity contribution < 1.29 is 9.84 Å². The van der Waals surface area contributed by atoms with Crippen molar-refractivity contribution in [2.75, 3.05) is 7.11 Å². The Labute approximate surface area is 100 Å². The minimum absolute atomic E-state index is 0.585. The predicted molar refractivity (Wildman–Crippen MR) is 64.4 cm³/mol. The van der Waals surface area contributed by atoms with Crippen LogP contribution in [0.2, 0.25) is 0 Å². The highest BCUT2D eigenvalue weighted by Crippen LogP contribution is 2.21. The smallest absolute Gasteiger partial charge is 0.121 e.